The predicted molar refractivity (Wildman–Crippen MR) is 101 cm³/mol. The van der Waals surface area contributed by atoms with Gasteiger partial charge in [-0.3, -0.25) is 9.48 Å². The fourth-order valence-corrected chi connectivity index (χ4v) is 4.17. The summed E-state index contributed by atoms with van der Waals surface area (Å²) >= 11 is 0. The molecular weight excluding hydrogens is 367 g/mol. The maximum atomic E-state index is 13.3. The third-order valence-corrected chi connectivity index (χ3v) is 6.20. The Bertz CT molecular complexity index is 879. The number of benzene rings is 1. The van der Waals surface area contributed by atoms with E-state index >= 15 is 0 Å². The normalized spacial score (nSPS) is 20.3. The zero-order valence-corrected chi connectivity index (χ0v) is 16.0. The van der Waals surface area contributed by atoms with Gasteiger partial charge in [-0.1, -0.05) is 13.3 Å². The topological polar surface area (TPSA) is 46.9 Å². The first kappa shape index (κ1) is 19.0. The van der Waals surface area contributed by atoms with Crippen LogP contribution in [-0.4, -0.2) is 21.6 Å². The summed E-state index contributed by atoms with van der Waals surface area (Å²) in [4.78, 5) is 12.7. The number of nitrogens with zero attached hydrogens (tertiary/aromatic N) is 2. The molecule has 1 aromatic heterocycles. The van der Waals surface area contributed by atoms with Gasteiger partial charge >= 0.3 is 0 Å². The third kappa shape index (κ3) is 3.42. The van der Waals surface area contributed by atoms with Crippen LogP contribution in [0.2, 0.25) is 0 Å². The highest BCUT2D eigenvalue weighted by atomic mass is 19.3. The first-order valence-corrected chi connectivity index (χ1v) is 9.76. The molecule has 1 N–H and O–H groups in total. The number of anilines is 1. The first-order valence-electron chi connectivity index (χ1n) is 9.76. The highest BCUT2D eigenvalue weighted by Gasteiger charge is 2.49. The van der Waals surface area contributed by atoms with E-state index in [1.807, 2.05) is 0 Å². The predicted octanol–water partition coefficient (Wildman–Crippen LogP) is 5.11. The number of aryl methyl sites for hydroxylation is 1. The van der Waals surface area contributed by atoms with Gasteiger partial charge < -0.3 is 5.32 Å². The monoisotopic (exact) mass is 391 g/mol. The van der Waals surface area contributed by atoms with E-state index in [0.717, 1.165) is 36.1 Å². The summed E-state index contributed by atoms with van der Waals surface area (Å²) in [6, 6.07) is 6.23. The summed E-state index contributed by atoms with van der Waals surface area (Å²) in [7, 11) is 1.80. The molecule has 1 atom stereocenters. The molecule has 4 nitrogen and oxygen atoms in total. The van der Waals surface area contributed by atoms with Gasteiger partial charge in [-0.25, -0.2) is 13.2 Å². The Morgan fingerprint density at radius 2 is 1.89 bits per heavy atom. The van der Waals surface area contributed by atoms with Gasteiger partial charge in [-0.05, 0) is 48.9 Å². The highest BCUT2D eigenvalue weighted by molar-refractivity contribution is 5.93. The van der Waals surface area contributed by atoms with Crippen LogP contribution in [0.25, 0.3) is 11.3 Å². The molecular formula is C21H24F3N3O. The first-order chi connectivity index (χ1) is 13.2. The van der Waals surface area contributed by atoms with Crippen molar-refractivity contribution in [2.45, 2.75) is 50.9 Å². The number of hydrogen-bond donors (Lipinski definition) is 1. The smallest absolute Gasteiger partial charge is 0.248 e. The van der Waals surface area contributed by atoms with Gasteiger partial charge in [0.25, 0.3) is 0 Å². The molecule has 2 saturated carbocycles. The van der Waals surface area contributed by atoms with Crippen LogP contribution in [0.15, 0.2) is 24.3 Å². The molecule has 0 spiro atoms. The van der Waals surface area contributed by atoms with Gasteiger partial charge in [0.1, 0.15) is 5.82 Å². The molecule has 1 amide bonds. The highest BCUT2D eigenvalue weighted by Crippen LogP contribution is 2.47. The van der Waals surface area contributed by atoms with Crippen LogP contribution in [0.1, 0.15) is 50.5 Å². The zero-order chi connectivity index (χ0) is 20.1. The van der Waals surface area contributed by atoms with Crippen molar-refractivity contribution < 1.29 is 18.0 Å². The standard InChI is InChI=1S/C21H24F3N3O/c1-12(15-10-21(23,24)11-15)20(28)25-19-17(13-4-3-5-13)18(27(2)26-19)14-6-8-16(22)9-7-14/h6-9,12-13,15H,3-5,10-11H2,1-2H3,(H,25,26,28)/t12-/m0/s1. The second kappa shape index (κ2) is 6.94. The fraction of sp³-hybridized carbons (Fsp3) is 0.524. The van der Waals surface area contributed by atoms with Crippen molar-refractivity contribution in [3.05, 3.63) is 35.6 Å². The molecule has 7 heteroatoms. The molecule has 2 aliphatic rings. The minimum absolute atomic E-state index is 0.236. The van der Waals surface area contributed by atoms with Crippen molar-refractivity contribution in [3.63, 3.8) is 0 Å². The van der Waals surface area contributed by atoms with Gasteiger partial charge in [0.15, 0.2) is 5.82 Å². The average Bonchev–Trinajstić information content (AvgIpc) is 2.87. The lowest BCUT2D eigenvalue weighted by atomic mass is 9.73. The van der Waals surface area contributed by atoms with E-state index in [1.165, 1.54) is 12.1 Å². The zero-order valence-electron chi connectivity index (χ0n) is 16.0. The molecule has 0 unspecified atom stereocenters. The molecule has 0 bridgehead atoms. The molecule has 28 heavy (non-hydrogen) atoms. The number of aromatic nitrogens is 2. The number of carbonyl (C=O) groups is 1. The Kier molecular flexibility index (Phi) is 4.71. The van der Waals surface area contributed by atoms with Crippen LogP contribution in [0.3, 0.4) is 0 Å². The van der Waals surface area contributed by atoms with Crippen molar-refractivity contribution in [2.24, 2.45) is 18.9 Å². The Labute approximate surface area is 162 Å². The molecule has 150 valence electrons. The second-order valence-electron chi connectivity index (χ2n) is 8.17. The van der Waals surface area contributed by atoms with Crippen molar-refractivity contribution >= 4 is 11.7 Å². The molecule has 0 radical (unpaired) electrons. The number of hydrogen-bond acceptors (Lipinski definition) is 2. The summed E-state index contributed by atoms with van der Waals surface area (Å²) in [6.07, 6.45) is 2.66. The molecule has 1 heterocycles. The van der Waals surface area contributed by atoms with Gasteiger partial charge in [0.2, 0.25) is 11.8 Å². The van der Waals surface area contributed by atoms with E-state index in [1.54, 1.807) is 30.8 Å². The van der Waals surface area contributed by atoms with Crippen molar-refractivity contribution in [1.82, 2.24) is 9.78 Å². The van der Waals surface area contributed by atoms with E-state index in [-0.39, 0.29) is 36.4 Å². The Morgan fingerprint density at radius 3 is 2.43 bits per heavy atom. The summed E-state index contributed by atoms with van der Waals surface area (Å²) in [5.41, 5.74) is 2.66. The lowest BCUT2D eigenvalue weighted by Gasteiger charge is -2.38. The Balaban J connectivity index is 1.61. The molecule has 4 rings (SSSR count). The Morgan fingerprint density at radius 1 is 1.25 bits per heavy atom. The SMILES string of the molecule is C[C@H](C(=O)Nc1nn(C)c(-c2ccc(F)cc2)c1C1CCC1)C1CC(F)(F)C1. The summed E-state index contributed by atoms with van der Waals surface area (Å²) in [5.74, 6) is -3.24. The fourth-order valence-electron chi connectivity index (χ4n) is 4.17. The van der Waals surface area contributed by atoms with Crippen LogP contribution >= 0.6 is 0 Å². The van der Waals surface area contributed by atoms with Gasteiger partial charge in [-0.15, -0.1) is 0 Å². The Hall–Kier alpha value is -2.31. The quantitative estimate of drug-likeness (QED) is 0.770. The van der Waals surface area contributed by atoms with E-state index < -0.39 is 11.8 Å². The molecule has 0 saturated heterocycles. The molecule has 2 aromatic rings. The summed E-state index contributed by atoms with van der Waals surface area (Å²) in [5, 5.41) is 7.40. The second-order valence-corrected chi connectivity index (χ2v) is 8.17. The average molecular weight is 391 g/mol. The maximum absolute atomic E-state index is 13.3. The maximum Gasteiger partial charge on any atom is 0.248 e. The molecule has 0 aliphatic heterocycles. The van der Waals surface area contributed by atoms with E-state index in [2.05, 4.69) is 10.4 Å². The molecule has 2 aliphatic carbocycles. The minimum atomic E-state index is -2.64. The van der Waals surface area contributed by atoms with Crippen LogP contribution in [-0.2, 0) is 11.8 Å². The number of rotatable bonds is 5. The van der Waals surface area contributed by atoms with Crippen LogP contribution in [0.4, 0.5) is 19.0 Å². The summed E-state index contributed by atoms with van der Waals surface area (Å²) in [6.45, 7) is 1.70. The number of nitrogens with one attached hydrogen (secondary N) is 1. The lowest BCUT2D eigenvalue weighted by molar-refractivity contribution is -0.140. The number of carbonyl (C=O) groups excluding carboxylic acids is 1. The lowest BCUT2D eigenvalue weighted by Crippen LogP contribution is -2.42. The van der Waals surface area contributed by atoms with Crippen LogP contribution in [0, 0.1) is 17.7 Å². The molecule has 2 fully saturated rings. The van der Waals surface area contributed by atoms with Gasteiger partial charge in [0.05, 0.1) is 5.69 Å². The number of alkyl halides is 2. The minimum Gasteiger partial charge on any atom is -0.309 e. The molecule has 1 aromatic carbocycles. The number of amides is 1. The van der Waals surface area contributed by atoms with Crippen molar-refractivity contribution in [2.75, 3.05) is 5.32 Å². The third-order valence-electron chi connectivity index (χ3n) is 6.20. The van der Waals surface area contributed by atoms with E-state index in [4.69, 9.17) is 0 Å². The van der Waals surface area contributed by atoms with Crippen molar-refractivity contribution in [1.29, 1.82) is 0 Å². The van der Waals surface area contributed by atoms with E-state index in [9.17, 15) is 18.0 Å². The van der Waals surface area contributed by atoms with Gasteiger partial charge in [-0.2, -0.15) is 5.10 Å². The van der Waals surface area contributed by atoms with E-state index in [0.29, 0.717) is 5.82 Å². The summed E-state index contributed by atoms with van der Waals surface area (Å²) < 4.78 is 41.4. The van der Waals surface area contributed by atoms with Gasteiger partial charge in [0, 0.05) is 36.9 Å². The number of halogens is 3. The van der Waals surface area contributed by atoms with Crippen LogP contribution in [0.5, 0.6) is 0 Å². The van der Waals surface area contributed by atoms with Crippen molar-refractivity contribution in [3.8, 4) is 11.3 Å². The largest absolute Gasteiger partial charge is 0.309 e. The van der Waals surface area contributed by atoms with Crippen LogP contribution < -0.4 is 5.32 Å².